The molecule has 0 bridgehead atoms. The number of ether oxygens (including phenoxy) is 1. The Balaban J connectivity index is 0.00000180. The molecule has 0 aliphatic carbocycles. The van der Waals surface area contributed by atoms with E-state index in [0.717, 1.165) is 25.9 Å². The van der Waals surface area contributed by atoms with Crippen molar-refractivity contribution in [2.45, 2.75) is 18.9 Å². The zero-order valence-corrected chi connectivity index (χ0v) is 13.3. The third-order valence-electron chi connectivity index (χ3n) is 2.78. The number of hydrogen-bond acceptors (Lipinski definition) is 6. The number of halogens is 3. The standard InChI is InChI=1S/C11H15ClN4O2.2ClH/c1-18-10(17)8-6-9(16-11(12)15-8)14-7-2-4-13-5-3-7;;/h6-7,13H,2-5H2,1H3,(H,14,15,16);2*1H. The lowest BCUT2D eigenvalue weighted by atomic mass is 10.1. The Kier molecular flexibility index (Phi) is 8.80. The lowest BCUT2D eigenvalue weighted by Crippen LogP contribution is -2.35. The van der Waals surface area contributed by atoms with Gasteiger partial charge in [-0.2, -0.15) is 0 Å². The Morgan fingerprint density at radius 1 is 1.40 bits per heavy atom. The first kappa shape index (κ1) is 19.2. The zero-order chi connectivity index (χ0) is 13.0. The van der Waals surface area contributed by atoms with Crippen molar-refractivity contribution in [1.82, 2.24) is 15.3 Å². The van der Waals surface area contributed by atoms with Gasteiger partial charge in [-0.1, -0.05) is 0 Å². The highest BCUT2D eigenvalue weighted by atomic mass is 35.5. The predicted octanol–water partition coefficient (Wildman–Crippen LogP) is 1.92. The van der Waals surface area contributed by atoms with Crippen molar-refractivity contribution in [3.05, 3.63) is 17.0 Å². The monoisotopic (exact) mass is 342 g/mol. The molecule has 1 aliphatic rings. The number of hydrogen-bond donors (Lipinski definition) is 2. The summed E-state index contributed by atoms with van der Waals surface area (Å²) in [6.07, 6.45) is 2.02. The second-order valence-electron chi connectivity index (χ2n) is 4.07. The van der Waals surface area contributed by atoms with Crippen molar-refractivity contribution in [2.75, 3.05) is 25.5 Å². The summed E-state index contributed by atoms with van der Waals surface area (Å²) in [5.74, 6) is 0.0370. The fourth-order valence-corrected chi connectivity index (χ4v) is 2.06. The summed E-state index contributed by atoms with van der Waals surface area (Å²) in [5.41, 5.74) is 0.161. The van der Waals surface area contributed by atoms with Gasteiger partial charge in [0.05, 0.1) is 7.11 Å². The van der Waals surface area contributed by atoms with Crippen LogP contribution in [0, 0.1) is 0 Å². The summed E-state index contributed by atoms with van der Waals surface area (Å²) >= 11 is 5.79. The SMILES string of the molecule is COC(=O)c1cc(NC2CCNCC2)nc(Cl)n1.Cl.Cl. The summed E-state index contributed by atoms with van der Waals surface area (Å²) in [6.45, 7) is 1.95. The predicted molar refractivity (Wildman–Crippen MR) is 82.4 cm³/mol. The van der Waals surface area contributed by atoms with Crippen LogP contribution in [0.25, 0.3) is 0 Å². The number of anilines is 1. The van der Waals surface area contributed by atoms with Crippen LogP contribution in [0.3, 0.4) is 0 Å². The number of nitrogens with zero attached hydrogens (tertiary/aromatic N) is 2. The van der Waals surface area contributed by atoms with Gasteiger partial charge < -0.3 is 15.4 Å². The number of rotatable bonds is 3. The van der Waals surface area contributed by atoms with Crippen molar-refractivity contribution in [2.24, 2.45) is 0 Å². The van der Waals surface area contributed by atoms with Gasteiger partial charge in [-0.15, -0.1) is 24.8 Å². The molecule has 0 spiro atoms. The van der Waals surface area contributed by atoms with Crippen LogP contribution in [0.1, 0.15) is 23.3 Å². The third kappa shape index (κ3) is 5.28. The Bertz CT molecular complexity index is 442. The summed E-state index contributed by atoms with van der Waals surface area (Å²) in [4.78, 5) is 19.3. The van der Waals surface area contributed by atoms with Gasteiger partial charge >= 0.3 is 5.97 Å². The molecule has 0 unspecified atom stereocenters. The molecule has 2 heterocycles. The smallest absolute Gasteiger partial charge is 0.356 e. The summed E-state index contributed by atoms with van der Waals surface area (Å²) in [7, 11) is 1.30. The van der Waals surface area contributed by atoms with Crippen molar-refractivity contribution in [3.8, 4) is 0 Å². The normalized spacial score (nSPS) is 14.7. The first-order valence-corrected chi connectivity index (χ1v) is 6.17. The summed E-state index contributed by atoms with van der Waals surface area (Å²) in [5, 5.41) is 6.57. The van der Waals surface area contributed by atoms with E-state index in [4.69, 9.17) is 11.6 Å². The van der Waals surface area contributed by atoms with Crippen LogP contribution in [0.4, 0.5) is 5.82 Å². The molecule has 6 nitrogen and oxygen atoms in total. The van der Waals surface area contributed by atoms with Crippen LogP contribution in [0.5, 0.6) is 0 Å². The highest BCUT2D eigenvalue weighted by Crippen LogP contribution is 2.15. The molecular formula is C11H17Cl3N4O2. The van der Waals surface area contributed by atoms with Crippen LogP contribution < -0.4 is 10.6 Å². The molecule has 2 N–H and O–H groups in total. The maximum atomic E-state index is 11.4. The van der Waals surface area contributed by atoms with Gasteiger partial charge in [-0.25, -0.2) is 14.8 Å². The molecule has 1 aromatic heterocycles. The fraction of sp³-hybridized carbons (Fsp3) is 0.545. The zero-order valence-electron chi connectivity index (χ0n) is 10.9. The van der Waals surface area contributed by atoms with Crippen LogP contribution in [0.15, 0.2) is 6.07 Å². The molecule has 0 saturated carbocycles. The molecule has 0 radical (unpaired) electrons. The van der Waals surface area contributed by atoms with E-state index in [0.29, 0.717) is 11.9 Å². The van der Waals surface area contributed by atoms with Crippen molar-refractivity contribution in [3.63, 3.8) is 0 Å². The molecule has 0 aromatic carbocycles. The number of nitrogens with one attached hydrogen (secondary N) is 2. The third-order valence-corrected chi connectivity index (χ3v) is 2.95. The molecule has 1 fully saturated rings. The van der Waals surface area contributed by atoms with Crippen LogP contribution >= 0.6 is 36.4 Å². The largest absolute Gasteiger partial charge is 0.464 e. The molecule has 2 rings (SSSR count). The Hall–Kier alpha value is -0.820. The summed E-state index contributed by atoms with van der Waals surface area (Å²) < 4.78 is 4.61. The number of esters is 1. The number of piperidine rings is 1. The van der Waals surface area contributed by atoms with Crippen LogP contribution in [-0.4, -0.2) is 42.2 Å². The lowest BCUT2D eigenvalue weighted by Gasteiger charge is -2.24. The molecule has 1 aromatic rings. The molecule has 114 valence electrons. The van der Waals surface area contributed by atoms with Gasteiger partial charge in [0.15, 0.2) is 5.69 Å². The minimum absolute atomic E-state index is 0. The van der Waals surface area contributed by atoms with Gasteiger partial charge in [-0.3, -0.25) is 0 Å². The molecule has 0 amide bonds. The minimum Gasteiger partial charge on any atom is -0.464 e. The van der Waals surface area contributed by atoms with Gasteiger partial charge in [0.25, 0.3) is 0 Å². The molecule has 9 heteroatoms. The van der Waals surface area contributed by atoms with E-state index in [9.17, 15) is 4.79 Å². The van der Waals surface area contributed by atoms with E-state index in [2.05, 4.69) is 25.3 Å². The highest BCUT2D eigenvalue weighted by Gasteiger charge is 2.16. The highest BCUT2D eigenvalue weighted by molar-refractivity contribution is 6.28. The van der Waals surface area contributed by atoms with Crippen LogP contribution in [-0.2, 0) is 4.74 Å². The fourth-order valence-electron chi connectivity index (χ4n) is 1.88. The van der Waals surface area contributed by atoms with Gasteiger partial charge in [-0.05, 0) is 37.5 Å². The Morgan fingerprint density at radius 2 is 2.05 bits per heavy atom. The molecule has 20 heavy (non-hydrogen) atoms. The average Bonchev–Trinajstić information content (AvgIpc) is 2.38. The van der Waals surface area contributed by atoms with E-state index in [1.54, 1.807) is 6.07 Å². The van der Waals surface area contributed by atoms with Gasteiger partial charge in [0.1, 0.15) is 5.82 Å². The van der Waals surface area contributed by atoms with Crippen molar-refractivity contribution < 1.29 is 9.53 Å². The van der Waals surface area contributed by atoms with E-state index in [1.807, 2.05) is 0 Å². The molecule has 1 saturated heterocycles. The molecular weight excluding hydrogens is 327 g/mol. The molecule has 1 aliphatic heterocycles. The van der Waals surface area contributed by atoms with E-state index >= 15 is 0 Å². The topological polar surface area (TPSA) is 76.1 Å². The Morgan fingerprint density at radius 3 is 2.65 bits per heavy atom. The summed E-state index contributed by atoms with van der Waals surface area (Å²) in [6, 6.07) is 1.89. The minimum atomic E-state index is -0.521. The maximum absolute atomic E-state index is 11.4. The number of carbonyl (C=O) groups excluding carboxylic acids is 1. The van der Waals surface area contributed by atoms with Gasteiger partial charge in [0.2, 0.25) is 5.28 Å². The Labute approximate surface area is 134 Å². The number of methoxy groups -OCH3 is 1. The van der Waals surface area contributed by atoms with Crippen molar-refractivity contribution >= 4 is 48.2 Å². The second-order valence-corrected chi connectivity index (χ2v) is 4.41. The van der Waals surface area contributed by atoms with E-state index in [1.165, 1.54) is 7.11 Å². The second kappa shape index (κ2) is 9.18. The van der Waals surface area contributed by atoms with E-state index in [-0.39, 0.29) is 35.8 Å². The number of aromatic nitrogens is 2. The average molecular weight is 344 g/mol. The maximum Gasteiger partial charge on any atom is 0.356 e. The van der Waals surface area contributed by atoms with E-state index < -0.39 is 5.97 Å². The quantitative estimate of drug-likeness (QED) is 0.645. The first-order chi connectivity index (χ1) is 8.69. The molecule has 0 atom stereocenters. The first-order valence-electron chi connectivity index (χ1n) is 5.79. The number of carbonyl (C=O) groups is 1. The van der Waals surface area contributed by atoms with Crippen molar-refractivity contribution in [1.29, 1.82) is 0 Å². The lowest BCUT2D eigenvalue weighted by molar-refractivity contribution is 0.0594. The van der Waals surface area contributed by atoms with Gasteiger partial charge in [0, 0.05) is 12.1 Å². The van der Waals surface area contributed by atoms with Crippen LogP contribution in [0.2, 0.25) is 5.28 Å².